The van der Waals surface area contributed by atoms with Gasteiger partial charge in [-0.15, -0.1) is 0 Å². The number of rotatable bonds is 2. The first-order chi connectivity index (χ1) is 15.3. The van der Waals surface area contributed by atoms with Gasteiger partial charge >= 0.3 is 12.3 Å². The van der Waals surface area contributed by atoms with Crippen molar-refractivity contribution in [2.45, 2.75) is 19.9 Å². The lowest BCUT2D eigenvalue weighted by Crippen LogP contribution is -2.01. The molecule has 2 aromatic carbocycles. The first kappa shape index (κ1) is 25.8. The molecule has 32 heavy (non-hydrogen) atoms. The van der Waals surface area contributed by atoms with Gasteiger partial charge in [-0.3, -0.25) is 0 Å². The van der Waals surface area contributed by atoms with Gasteiger partial charge in [0.2, 0.25) is 11.8 Å². The van der Waals surface area contributed by atoms with Crippen LogP contribution in [0.3, 0.4) is 0 Å². The van der Waals surface area contributed by atoms with Gasteiger partial charge < -0.3 is 9.15 Å². The van der Waals surface area contributed by atoms with E-state index in [1.54, 1.807) is 30.5 Å². The molecule has 0 radical (unpaired) electrons. The van der Waals surface area contributed by atoms with Gasteiger partial charge in [-0.25, -0.2) is 18.8 Å². The Balaban J connectivity index is 0.000000258. The molecule has 1 unspecified atom stereocenters. The average molecular weight is 444 g/mol. The largest absolute Gasteiger partial charge is 0.475 e. The van der Waals surface area contributed by atoms with E-state index >= 15 is 0 Å². The molecule has 0 saturated heterocycles. The summed E-state index contributed by atoms with van der Waals surface area (Å²) < 4.78 is 35.6. The van der Waals surface area contributed by atoms with Gasteiger partial charge in [0, 0.05) is 11.1 Å². The summed E-state index contributed by atoms with van der Waals surface area (Å²) in [5.74, 6) is 0.646. The number of aryl methyl sites for hydroxylation is 1. The van der Waals surface area contributed by atoms with Crippen LogP contribution < -0.4 is 0 Å². The summed E-state index contributed by atoms with van der Waals surface area (Å²) in [5.41, 5.74) is 2.44. The molecule has 8 nitrogen and oxygen atoms in total. The van der Waals surface area contributed by atoms with Crippen LogP contribution in [0.2, 0.25) is 0 Å². The van der Waals surface area contributed by atoms with E-state index in [-0.39, 0.29) is 30.0 Å². The highest BCUT2D eigenvalue weighted by Crippen LogP contribution is 2.18. The predicted octanol–water partition coefficient (Wildman–Crippen LogP) is 3.61. The van der Waals surface area contributed by atoms with Crippen LogP contribution in [-0.4, -0.2) is 35.8 Å². The van der Waals surface area contributed by atoms with Crippen molar-refractivity contribution >= 4 is 18.2 Å². The van der Waals surface area contributed by atoms with E-state index in [4.69, 9.17) is 28.3 Å². The van der Waals surface area contributed by atoms with Crippen LogP contribution in [0.4, 0.5) is 8.78 Å². The second kappa shape index (κ2) is 13.9. The Morgan fingerprint density at radius 1 is 0.875 bits per heavy atom. The third-order valence-electron chi connectivity index (χ3n) is 3.60. The Morgan fingerprint density at radius 3 is 1.72 bits per heavy atom. The second-order valence-corrected chi connectivity index (χ2v) is 6.07. The highest BCUT2D eigenvalue weighted by atomic mass is 19.1. The number of ether oxygens (including phenoxy) is 1. The van der Waals surface area contributed by atoms with E-state index in [9.17, 15) is 8.78 Å². The summed E-state index contributed by atoms with van der Waals surface area (Å²) in [5, 5.41) is 0. The molecule has 0 aliphatic carbocycles. The van der Waals surface area contributed by atoms with E-state index in [1.807, 2.05) is 13.8 Å². The quantitative estimate of drug-likeness (QED) is 0.593. The molecular formula is C22H18F2N2O6. The van der Waals surface area contributed by atoms with Gasteiger partial charge in [0.25, 0.3) is 0 Å². The van der Waals surface area contributed by atoms with Crippen molar-refractivity contribution in [2.75, 3.05) is 6.61 Å². The number of benzene rings is 2. The lowest BCUT2D eigenvalue weighted by atomic mass is 10.2. The smallest absolute Gasteiger partial charge is 0.373 e. The van der Waals surface area contributed by atoms with Crippen LogP contribution in [-0.2, 0) is 23.9 Å². The number of aliphatic imine (C=N–C) groups is 1. The molecule has 166 valence electrons. The first-order valence-electron chi connectivity index (χ1n) is 8.97. The summed E-state index contributed by atoms with van der Waals surface area (Å²) in [6.07, 6.45) is 2.07. The summed E-state index contributed by atoms with van der Waals surface area (Å²) in [6, 6.07) is 12.4. The molecule has 1 aromatic heterocycles. The molecule has 1 aliphatic rings. The molecule has 2 heterocycles. The molecule has 0 fully saturated rings. The number of oxazole rings is 1. The fourth-order valence-corrected chi connectivity index (χ4v) is 2.30. The Hall–Kier alpha value is -4.26. The van der Waals surface area contributed by atoms with Crippen molar-refractivity contribution < 1.29 is 37.1 Å². The number of hydrogen-bond donors (Lipinski definition) is 0. The zero-order chi connectivity index (χ0) is 23.9. The maximum absolute atomic E-state index is 12.6. The summed E-state index contributed by atoms with van der Waals surface area (Å²) in [7, 11) is 0. The molecule has 4 rings (SSSR count). The molecule has 0 bridgehead atoms. The van der Waals surface area contributed by atoms with Crippen molar-refractivity contribution in [1.82, 2.24) is 4.98 Å². The standard InChI is InChI=1S/C10H10FNO.C10H8FNO.2CO2/c2*1-7-6-13-10(12-7)8-2-4-9(11)5-3-8;2*2-1-3/h2-5,7H,6H2,1H3;2-6H,1H3;;. The van der Waals surface area contributed by atoms with Gasteiger partial charge in [0.1, 0.15) is 24.5 Å². The minimum Gasteiger partial charge on any atom is -0.475 e. The van der Waals surface area contributed by atoms with Crippen molar-refractivity contribution in [2.24, 2.45) is 4.99 Å². The van der Waals surface area contributed by atoms with E-state index < -0.39 is 0 Å². The van der Waals surface area contributed by atoms with Crippen LogP contribution >= 0.6 is 0 Å². The monoisotopic (exact) mass is 444 g/mol. The summed E-state index contributed by atoms with van der Waals surface area (Å²) in [6.45, 7) is 4.44. The van der Waals surface area contributed by atoms with Gasteiger partial charge in [-0.05, 0) is 62.4 Å². The van der Waals surface area contributed by atoms with E-state index in [2.05, 4.69) is 9.98 Å². The third kappa shape index (κ3) is 9.04. The van der Waals surface area contributed by atoms with Gasteiger partial charge in [-0.1, -0.05) is 0 Å². The zero-order valence-corrected chi connectivity index (χ0v) is 17.1. The van der Waals surface area contributed by atoms with E-state index in [1.165, 1.54) is 24.3 Å². The molecule has 0 amide bonds. The van der Waals surface area contributed by atoms with Crippen molar-refractivity contribution in [3.63, 3.8) is 0 Å². The molecule has 1 aliphatic heterocycles. The van der Waals surface area contributed by atoms with Crippen molar-refractivity contribution in [3.05, 3.63) is 77.7 Å². The number of carbonyl (C=O) groups excluding carboxylic acids is 4. The Kier molecular flexibility index (Phi) is 11.2. The maximum atomic E-state index is 12.6. The Bertz CT molecular complexity index is 1050. The second-order valence-electron chi connectivity index (χ2n) is 6.07. The third-order valence-corrected chi connectivity index (χ3v) is 3.60. The Morgan fingerprint density at radius 2 is 1.34 bits per heavy atom. The van der Waals surface area contributed by atoms with E-state index in [0.29, 0.717) is 18.4 Å². The summed E-state index contributed by atoms with van der Waals surface area (Å²) >= 11 is 0. The number of halogens is 2. The molecule has 10 heteroatoms. The molecule has 0 N–H and O–H groups in total. The Labute approximate surface area is 181 Å². The van der Waals surface area contributed by atoms with Gasteiger partial charge in [0.05, 0.1) is 11.7 Å². The predicted molar refractivity (Wildman–Crippen MR) is 105 cm³/mol. The zero-order valence-electron chi connectivity index (χ0n) is 17.1. The van der Waals surface area contributed by atoms with Crippen molar-refractivity contribution in [1.29, 1.82) is 0 Å². The molecule has 1 atom stereocenters. The maximum Gasteiger partial charge on any atom is 0.373 e. The SMILES string of the molecule is CC1COC(c2ccc(F)cc2)=N1.Cc1coc(-c2ccc(F)cc2)n1.O=C=O.O=C=O. The molecule has 0 saturated carbocycles. The normalized spacial score (nSPS) is 13.2. The van der Waals surface area contributed by atoms with Gasteiger partial charge in [-0.2, -0.15) is 19.2 Å². The lowest BCUT2D eigenvalue weighted by Gasteiger charge is -1.99. The number of aromatic nitrogens is 1. The highest BCUT2D eigenvalue weighted by molar-refractivity contribution is 5.95. The van der Waals surface area contributed by atoms with Crippen LogP contribution in [0.15, 0.2) is 64.2 Å². The molecular weight excluding hydrogens is 426 g/mol. The van der Waals surface area contributed by atoms with Crippen molar-refractivity contribution in [3.8, 4) is 11.5 Å². The topological polar surface area (TPSA) is 116 Å². The fourth-order valence-electron chi connectivity index (χ4n) is 2.30. The minimum atomic E-state index is -0.257. The van der Waals surface area contributed by atoms with Crippen LogP contribution in [0, 0.1) is 18.6 Å². The fraction of sp³-hybridized carbons (Fsp3) is 0.182. The minimum absolute atomic E-state index is 0.208. The van der Waals surface area contributed by atoms with Crippen LogP contribution in [0.1, 0.15) is 18.2 Å². The average Bonchev–Trinajstić information content (AvgIpc) is 3.39. The highest BCUT2D eigenvalue weighted by Gasteiger charge is 2.15. The number of nitrogens with zero attached hydrogens (tertiary/aromatic N) is 2. The van der Waals surface area contributed by atoms with Crippen LogP contribution in [0.5, 0.6) is 0 Å². The molecule has 0 spiro atoms. The first-order valence-corrected chi connectivity index (χ1v) is 8.97. The van der Waals surface area contributed by atoms with Gasteiger partial charge in [0.15, 0.2) is 0 Å². The van der Waals surface area contributed by atoms with Crippen LogP contribution in [0.25, 0.3) is 11.5 Å². The summed E-state index contributed by atoms with van der Waals surface area (Å²) in [4.78, 5) is 40.9. The number of hydrogen-bond acceptors (Lipinski definition) is 8. The molecule has 3 aromatic rings. The van der Waals surface area contributed by atoms with E-state index in [0.717, 1.165) is 16.8 Å². The lowest BCUT2D eigenvalue weighted by molar-refractivity contribution is -0.193.